The molecule has 0 unspecified atom stereocenters. The number of rotatable bonds is 5. The fraction of sp³-hybridized carbons (Fsp3) is 0.0833. The Labute approximate surface area is 163 Å². The molecule has 0 atom stereocenters. The smallest absolute Gasteiger partial charge is 0.363 e. The van der Waals surface area contributed by atoms with Gasteiger partial charge in [-0.1, -0.05) is 60.7 Å². The van der Waals surface area contributed by atoms with E-state index in [0.717, 1.165) is 22.3 Å². The number of hydrogen-bond donors (Lipinski definition) is 0. The highest BCUT2D eigenvalue weighted by atomic mass is 16.6. The van der Waals surface area contributed by atoms with Gasteiger partial charge in [-0.3, -0.25) is 0 Å². The molecule has 4 nitrogen and oxygen atoms in total. The summed E-state index contributed by atoms with van der Waals surface area (Å²) in [5.41, 5.74) is 4.03. The van der Waals surface area contributed by atoms with E-state index in [2.05, 4.69) is 17.1 Å². The van der Waals surface area contributed by atoms with Crippen molar-refractivity contribution in [1.82, 2.24) is 0 Å². The maximum absolute atomic E-state index is 12.3. The number of ether oxygens (including phenoxy) is 2. The van der Waals surface area contributed by atoms with E-state index in [4.69, 9.17) is 9.47 Å². The fourth-order valence-electron chi connectivity index (χ4n) is 3.00. The molecule has 4 rings (SSSR count). The topological polar surface area (TPSA) is 47.9 Å². The minimum absolute atomic E-state index is 0.259. The van der Waals surface area contributed by atoms with Gasteiger partial charge in [0.15, 0.2) is 5.70 Å². The third kappa shape index (κ3) is 3.71. The lowest BCUT2D eigenvalue weighted by Gasteiger charge is -2.06. The van der Waals surface area contributed by atoms with Gasteiger partial charge in [-0.05, 0) is 42.3 Å². The summed E-state index contributed by atoms with van der Waals surface area (Å²) < 4.78 is 11.0. The molecule has 0 aromatic heterocycles. The number of cyclic esters (lactones) is 1. The molecule has 138 valence electrons. The van der Waals surface area contributed by atoms with Crippen LogP contribution in [0.25, 0.3) is 17.2 Å². The van der Waals surface area contributed by atoms with Gasteiger partial charge in [0.25, 0.3) is 0 Å². The maximum Gasteiger partial charge on any atom is 0.363 e. The standard InChI is InChI=1S/C24H19NO3/c1-2-27-22-11-7-6-10-20(22)16-21-24(26)28-23(25-21)19-14-12-18(13-15-19)17-8-4-3-5-9-17/h3-16H,2H2,1H3. The minimum atomic E-state index is -0.464. The van der Waals surface area contributed by atoms with Gasteiger partial charge < -0.3 is 9.47 Å². The van der Waals surface area contributed by atoms with Crippen LogP contribution in [-0.2, 0) is 9.53 Å². The molecule has 1 aliphatic heterocycles. The predicted octanol–water partition coefficient (Wildman–Crippen LogP) is 5.10. The molecule has 28 heavy (non-hydrogen) atoms. The minimum Gasteiger partial charge on any atom is -0.493 e. The molecule has 0 aliphatic carbocycles. The lowest BCUT2D eigenvalue weighted by Crippen LogP contribution is -2.05. The summed E-state index contributed by atoms with van der Waals surface area (Å²) in [5, 5.41) is 0. The SMILES string of the molecule is CCOc1ccccc1C=C1N=C(c2ccc(-c3ccccc3)cc2)OC1=O. The Bertz CT molecular complexity index is 1050. The van der Waals surface area contributed by atoms with E-state index in [0.29, 0.717) is 18.3 Å². The molecule has 3 aromatic rings. The second kappa shape index (κ2) is 7.92. The van der Waals surface area contributed by atoms with Gasteiger partial charge in [-0.2, -0.15) is 0 Å². The number of carbonyl (C=O) groups excluding carboxylic acids is 1. The number of esters is 1. The van der Waals surface area contributed by atoms with Gasteiger partial charge in [-0.15, -0.1) is 0 Å². The number of para-hydroxylation sites is 1. The molecule has 4 heteroatoms. The normalized spacial score (nSPS) is 14.7. The van der Waals surface area contributed by atoms with E-state index in [1.807, 2.05) is 73.7 Å². The number of benzene rings is 3. The fourth-order valence-corrected chi connectivity index (χ4v) is 3.00. The summed E-state index contributed by atoms with van der Waals surface area (Å²) in [6.07, 6.45) is 1.69. The molecular formula is C24H19NO3. The van der Waals surface area contributed by atoms with Crippen molar-refractivity contribution in [2.24, 2.45) is 4.99 Å². The Morgan fingerprint density at radius 2 is 1.50 bits per heavy atom. The van der Waals surface area contributed by atoms with Crippen LogP contribution in [0.5, 0.6) is 5.75 Å². The maximum atomic E-state index is 12.3. The van der Waals surface area contributed by atoms with Crippen molar-refractivity contribution in [2.45, 2.75) is 6.92 Å². The van der Waals surface area contributed by atoms with Crippen LogP contribution in [0.2, 0.25) is 0 Å². The van der Waals surface area contributed by atoms with Gasteiger partial charge in [0.05, 0.1) is 6.61 Å². The monoisotopic (exact) mass is 369 g/mol. The van der Waals surface area contributed by atoms with E-state index in [1.54, 1.807) is 6.08 Å². The highest BCUT2D eigenvalue weighted by Crippen LogP contribution is 2.26. The quantitative estimate of drug-likeness (QED) is 0.464. The number of carbonyl (C=O) groups is 1. The molecule has 0 spiro atoms. The van der Waals surface area contributed by atoms with Crippen molar-refractivity contribution < 1.29 is 14.3 Å². The molecule has 0 N–H and O–H groups in total. The highest BCUT2D eigenvalue weighted by Gasteiger charge is 2.24. The lowest BCUT2D eigenvalue weighted by atomic mass is 10.0. The van der Waals surface area contributed by atoms with Crippen molar-refractivity contribution >= 4 is 17.9 Å². The molecule has 0 fully saturated rings. The van der Waals surface area contributed by atoms with Crippen molar-refractivity contribution in [1.29, 1.82) is 0 Å². The van der Waals surface area contributed by atoms with Crippen molar-refractivity contribution in [3.05, 3.63) is 95.7 Å². The molecule has 0 bridgehead atoms. The first-order valence-corrected chi connectivity index (χ1v) is 9.15. The van der Waals surface area contributed by atoms with Crippen LogP contribution in [0.1, 0.15) is 18.1 Å². The van der Waals surface area contributed by atoms with Crippen molar-refractivity contribution in [3.8, 4) is 16.9 Å². The molecule has 0 radical (unpaired) electrons. The van der Waals surface area contributed by atoms with E-state index in [-0.39, 0.29) is 5.70 Å². The highest BCUT2D eigenvalue weighted by molar-refractivity contribution is 6.13. The first-order valence-electron chi connectivity index (χ1n) is 9.15. The summed E-state index contributed by atoms with van der Waals surface area (Å²) in [5.74, 6) is 0.555. The van der Waals surface area contributed by atoms with Gasteiger partial charge in [0, 0.05) is 11.1 Å². The third-order valence-corrected chi connectivity index (χ3v) is 4.37. The van der Waals surface area contributed by atoms with Crippen LogP contribution in [0.3, 0.4) is 0 Å². The second-order valence-corrected chi connectivity index (χ2v) is 6.25. The largest absolute Gasteiger partial charge is 0.493 e. The summed E-state index contributed by atoms with van der Waals surface area (Å²) in [6.45, 7) is 2.47. The van der Waals surface area contributed by atoms with Crippen LogP contribution < -0.4 is 4.74 Å². The van der Waals surface area contributed by atoms with Gasteiger partial charge >= 0.3 is 5.97 Å². The molecular weight excluding hydrogens is 350 g/mol. The first kappa shape index (κ1) is 17.7. The van der Waals surface area contributed by atoms with Crippen LogP contribution in [-0.4, -0.2) is 18.5 Å². The van der Waals surface area contributed by atoms with Crippen LogP contribution in [0, 0.1) is 0 Å². The van der Waals surface area contributed by atoms with Crippen molar-refractivity contribution in [3.63, 3.8) is 0 Å². The second-order valence-electron chi connectivity index (χ2n) is 6.25. The molecule has 0 saturated carbocycles. The molecule has 3 aromatic carbocycles. The number of aliphatic imine (C=N–C) groups is 1. The van der Waals surface area contributed by atoms with Gasteiger partial charge in [0.2, 0.25) is 5.90 Å². The number of nitrogens with zero attached hydrogens (tertiary/aromatic N) is 1. The molecule has 1 heterocycles. The Morgan fingerprint density at radius 1 is 0.857 bits per heavy atom. The first-order chi connectivity index (χ1) is 13.7. The number of hydrogen-bond acceptors (Lipinski definition) is 4. The van der Waals surface area contributed by atoms with Gasteiger partial charge in [-0.25, -0.2) is 9.79 Å². The Hall–Kier alpha value is -3.66. The zero-order chi connectivity index (χ0) is 19.3. The molecule has 1 aliphatic rings. The van der Waals surface area contributed by atoms with Crippen molar-refractivity contribution in [2.75, 3.05) is 6.61 Å². The summed E-state index contributed by atoms with van der Waals surface area (Å²) >= 11 is 0. The lowest BCUT2D eigenvalue weighted by molar-refractivity contribution is -0.129. The average molecular weight is 369 g/mol. The van der Waals surface area contributed by atoms with Crippen LogP contribution >= 0.6 is 0 Å². The zero-order valence-corrected chi connectivity index (χ0v) is 15.5. The summed E-state index contributed by atoms with van der Waals surface area (Å²) in [6, 6.07) is 25.4. The molecule has 0 amide bonds. The Kier molecular flexibility index (Phi) is 5.02. The summed E-state index contributed by atoms with van der Waals surface area (Å²) in [4.78, 5) is 16.7. The van der Waals surface area contributed by atoms with E-state index in [1.165, 1.54) is 0 Å². The van der Waals surface area contributed by atoms with Crippen LogP contribution in [0.15, 0.2) is 89.6 Å². The average Bonchev–Trinajstić information content (AvgIpc) is 3.11. The molecule has 0 saturated heterocycles. The third-order valence-electron chi connectivity index (χ3n) is 4.37. The Balaban J connectivity index is 1.61. The predicted molar refractivity (Wildman–Crippen MR) is 110 cm³/mol. The van der Waals surface area contributed by atoms with E-state index in [9.17, 15) is 4.79 Å². The Morgan fingerprint density at radius 3 is 2.25 bits per heavy atom. The van der Waals surface area contributed by atoms with E-state index >= 15 is 0 Å². The zero-order valence-electron chi connectivity index (χ0n) is 15.5. The van der Waals surface area contributed by atoms with Crippen LogP contribution in [0.4, 0.5) is 0 Å². The van der Waals surface area contributed by atoms with Gasteiger partial charge in [0.1, 0.15) is 5.75 Å². The summed E-state index contributed by atoms with van der Waals surface area (Å²) in [7, 11) is 0. The van der Waals surface area contributed by atoms with E-state index < -0.39 is 5.97 Å².